The largest absolute Gasteiger partial charge is 0.373 e. The summed E-state index contributed by atoms with van der Waals surface area (Å²) in [5.41, 5.74) is 0. The van der Waals surface area contributed by atoms with Crippen molar-refractivity contribution < 1.29 is 13.2 Å². The van der Waals surface area contributed by atoms with E-state index >= 15 is 0 Å². The second-order valence-corrected chi connectivity index (χ2v) is 8.57. The molecule has 3 aliphatic rings. The molecule has 0 aliphatic carbocycles. The number of aliphatic imine (C=N–C) groups is 1. The standard InChI is InChI=1S/C14H26N4O3S.HI/c1-15-14(17-12-7-11-3-4-13(12)21-11)16-8-10-5-6-18(9-10)22(2,19)20;/h10-13H,3-9H2,1-2H3,(H2,15,16,17);1H. The van der Waals surface area contributed by atoms with Gasteiger partial charge in [0.25, 0.3) is 0 Å². The molecule has 0 spiro atoms. The van der Waals surface area contributed by atoms with E-state index in [1.54, 1.807) is 11.4 Å². The molecular formula is C14H27IN4O3S. The summed E-state index contributed by atoms with van der Waals surface area (Å²) in [5, 5.41) is 6.78. The highest BCUT2D eigenvalue weighted by atomic mass is 127. The van der Waals surface area contributed by atoms with Crippen LogP contribution in [-0.2, 0) is 14.8 Å². The molecule has 2 N–H and O–H groups in total. The van der Waals surface area contributed by atoms with Crippen molar-refractivity contribution in [3.63, 3.8) is 0 Å². The Hall–Kier alpha value is -0.130. The number of halogens is 1. The molecule has 0 saturated carbocycles. The minimum absolute atomic E-state index is 0. The van der Waals surface area contributed by atoms with Crippen molar-refractivity contribution in [2.24, 2.45) is 10.9 Å². The number of ether oxygens (including phenoxy) is 1. The average Bonchev–Trinajstić information content (AvgIpc) is 3.18. The zero-order chi connectivity index (χ0) is 15.7. The topological polar surface area (TPSA) is 83.0 Å². The zero-order valence-electron chi connectivity index (χ0n) is 13.7. The van der Waals surface area contributed by atoms with Gasteiger partial charge in [-0.05, 0) is 31.6 Å². The fraction of sp³-hybridized carbons (Fsp3) is 0.929. The van der Waals surface area contributed by atoms with Crippen LogP contribution in [0.1, 0.15) is 25.7 Å². The molecule has 3 rings (SSSR count). The number of hydrogen-bond donors (Lipinski definition) is 2. The van der Waals surface area contributed by atoms with Crippen LogP contribution in [-0.4, -0.2) is 69.9 Å². The Kier molecular flexibility index (Phi) is 6.54. The van der Waals surface area contributed by atoms with Crippen LogP contribution < -0.4 is 10.6 Å². The normalized spacial score (nSPS) is 34.4. The van der Waals surface area contributed by atoms with Gasteiger partial charge in [-0.1, -0.05) is 0 Å². The molecule has 0 radical (unpaired) electrons. The Bertz CT molecular complexity index is 542. The van der Waals surface area contributed by atoms with Gasteiger partial charge >= 0.3 is 0 Å². The van der Waals surface area contributed by atoms with E-state index in [1.165, 1.54) is 12.7 Å². The fourth-order valence-electron chi connectivity index (χ4n) is 3.67. The molecule has 7 nitrogen and oxygen atoms in total. The summed E-state index contributed by atoms with van der Waals surface area (Å²) in [5.74, 6) is 1.13. The van der Waals surface area contributed by atoms with Gasteiger partial charge in [-0.2, -0.15) is 0 Å². The lowest BCUT2D eigenvalue weighted by Gasteiger charge is -2.23. The first-order valence-electron chi connectivity index (χ1n) is 8.03. The van der Waals surface area contributed by atoms with E-state index in [0.717, 1.165) is 31.8 Å². The Labute approximate surface area is 155 Å². The first-order valence-corrected chi connectivity index (χ1v) is 9.88. The van der Waals surface area contributed by atoms with E-state index in [2.05, 4.69) is 15.6 Å². The predicted molar refractivity (Wildman–Crippen MR) is 101 cm³/mol. The van der Waals surface area contributed by atoms with Gasteiger partial charge in [0.15, 0.2) is 5.96 Å². The third kappa shape index (κ3) is 4.70. The number of hydrogen-bond acceptors (Lipinski definition) is 4. The SMILES string of the molecule is CN=C(NCC1CCN(S(C)(=O)=O)C1)NC1CC2CCC1O2.I. The van der Waals surface area contributed by atoms with E-state index < -0.39 is 10.0 Å². The van der Waals surface area contributed by atoms with Crippen LogP contribution in [0.2, 0.25) is 0 Å². The molecule has 0 aromatic carbocycles. The highest BCUT2D eigenvalue weighted by Crippen LogP contribution is 2.34. The second kappa shape index (κ2) is 7.83. The van der Waals surface area contributed by atoms with E-state index in [9.17, 15) is 8.42 Å². The third-order valence-electron chi connectivity index (χ3n) is 4.93. The van der Waals surface area contributed by atoms with Crippen molar-refractivity contribution in [1.29, 1.82) is 0 Å². The minimum Gasteiger partial charge on any atom is -0.373 e. The lowest BCUT2D eigenvalue weighted by Crippen LogP contribution is -2.48. The summed E-state index contributed by atoms with van der Waals surface area (Å²) in [6.07, 6.45) is 6.27. The van der Waals surface area contributed by atoms with Crippen molar-refractivity contribution in [3.8, 4) is 0 Å². The number of nitrogens with zero attached hydrogens (tertiary/aromatic N) is 2. The molecule has 3 fully saturated rings. The van der Waals surface area contributed by atoms with Crippen LogP contribution in [0, 0.1) is 5.92 Å². The predicted octanol–water partition coefficient (Wildman–Crippen LogP) is 0.371. The number of fused-ring (bicyclic) bond motifs is 2. The van der Waals surface area contributed by atoms with E-state index in [4.69, 9.17) is 4.74 Å². The van der Waals surface area contributed by atoms with Gasteiger partial charge < -0.3 is 15.4 Å². The van der Waals surface area contributed by atoms with Crippen LogP contribution >= 0.6 is 24.0 Å². The lowest BCUT2D eigenvalue weighted by atomic mass is 9.96. The van der Waals surface area contributed by atoms with Gasteiger partial charge in [-0.15, -0.1) is 24.0 Å². The fourth-order valence-corrected chi connectivity index (χ4v) is 4.58. The summed E-state index contributed by atoms with van der Waals surface area (Å²) < 4.78 is 30.5. The van der Waals surface area contributed by atoms with Crippen LogP contribution in [0.3, 0.4) is 0 Å². The zero-order valence-corrected chi connectivity index (χ0v) is 16.8. The van der Waals surface area contributed by atoms with E-state index in [-0.39, 0.29) is 24.0 Å². The maximum Gasteiger partial charge on any atom is 0.211 e. The molecular weight excluding hydrogens is 431 g/mol. The number of guanidine groups is 1. The summed E-state index contributed by atoms with van der Waals surface area (Å²) in [4.78, 5) is 4.27. The molecule has 0 aromatic rings. The summed E-state index contributed by atoms with van der Waals surface area (Å²) in [6, 6.07) is 0.348. The molecule has 0 aromatic heterocycles. The van der Waals surface area contributed by atoms with Gasteiger partial charge in [0.2, 0.25) is 10.0 Å². The monoisotopic (exact) mass is 458 g/mol. The molecule has 134 valence electrons. The number of nitrogens with one attached hydrogen (secondary N) is 2. The summed E-state index contributed by atoms with van der Waals surface area (Å²) in [7, 11) is -1.30. The molecule has 3 aliphatic heterocycles. The van der Waals surface area contributed by atoms with Crippen LogP contribution in [0.25, 0.3) is 0 Å². The van der Waals surface area contributed by atoms with E-state index in [1.807, 2.05) is 0 Å². The highest BCUT2D eigenvalue weighted by Gasteiger charge is 2.41. The first kappa shape index (κ1) is 19.2. The van der Waals surface area contributed by atoms with Gasteiger partial charge in [-0.3, -0.25) is 4.99 Å². The van der Waals surface area contributed by atoms with Crippen molar-refractivity contribution in [3.05, 3.63) is 0 Å². The Morgan fingerprint density at radius 3 is 2.65 bits per heavy atom. The van der Waals surface area contributed by atoms with E-state index in [0.29, 0.717) is 37.3 Å². The average molecular weight is 458 g/mol. The molecule has 3 heterocycles. The molecule has 23 heavy (non-hydrogen) atoms. The highest BCUT2D eigenvalue weighted by molar-refractivity contribution is 14.0. The molecule has 3 saturated heterocycles. The third-order valence-corrected chi connectivity index (χ3v) is 6.20. The lowest BCUT2D eigenvalue weighted by molar-refractivity contribution is 0.0992. The maximum atomic E-state index is 11.5. The maximum absolute atomic E-state index is 11.5. The summed E-state index contributed by atoms with van der Waals surface area (Å²) >= 11 is 0. The minimum atomic E-state index is -3.06. The van der Waals surface area contributed by atoms with Crippen LogP contribution in [0.4, 0.5) is 0 Å². The molecule has 0 amide bonds. The second-order valence-electron chi connectivity index (χ2n) is 6.59. The number of sulfonamides is 1. The Morgan fingerprint density at radius 1 is 1.35 bits per heavy atom. The van der Waals surface area contributed by atoms with Gasteiger partial charge in [0, 0.05) is 26.7 Å². The quantitative estimate of drug-likeness (QED) is 0.362. The van der Waals surface area contributed by atoms with Crippen LogP contribution in [0.5, 0.6) is 0 Å². The van der Waals surface area contributed by atoms with Gasteiger partial charge in [-0.25, -0.2) is 12.7 Å². The first-order chi connectivity index (χ1) is 10.5. The van der Waals surface area contributed by atoms with Gasteiger partial charge in [0.05, 0.1) is 24.5 Å². The van der Waals surface area contributed by atoms with Crippen molar-refractivity contribution >= 4 is 40.0 Å². The molecule has 2 bridgehead atoms. The van der Waals surface area contributed by atoms with Crippen molar-refractivity contribution in [2.75, 3.05) is 32.9 Å². The molecule has 4 atom stereocenters. The van der Waals surface area contributed by atoms with Gasteiger partial charge in [0.1, 0.15) is 0 Å². The summed E-state index contributed by atoms with van der Waals surface area (Å²) in [6.45, 7) is 1.96. The Balaban J connectivity index is 0.00000192. The molecule has 9 heteroatoms. The Morgan fingerprint density at radius 2 is 2.13 bits per heavy atom. The van der Waals surface area contributed by atoms with Crippen molar-refractivity contribution in [2.45, 2.75) is 43.9 Å². The smallest absolute Gasteiger partial charge is 0.211 e. The molecule has 4 unspecified atom stereocenters. The van der Waals surface area contributed by atoms with Crippen molar-refractivity contribution in [1.82, 2.24) is 14.9 Å². The van der Waals surface area contributed by atoms with Crippen LogP contribution in [0.15, 0.2) is 4.99 Å². The number of rotatable bonds is 4.